The molecule has 2 heterocycles. The molecular weight excluding hydrogens is 286 g/mol. The molecular formula is C11H11N3O3S2. The van der Waals surface area contributed by atoms with Crippen LogP contribution in [0.5, 0.6) is 0 Å². The van der Waals surface area contributed by atoms with Crippen LogP contribution in [0.4, 0.5) is 5.13 Å². The Bertz CT molecular complexity index is 633. The lowest BCUT2D eigenvalue weighted by atomic mass is 10.2. The fourth-order valence-electron chi connectivity index (χ4n) is 1.48. The SMILES string of the molecule is Cc1csc(NC(=O)Cc2nc(C)sc2C(=O)O)n1. The summed E-state index contributed by atoms with van der Waals surface area (Å²) in [4.78, 5) is 31.1. The summed E-state index contributed by atoms with van der Waals surface area (Å²) >= 11 is 2.40. The normalized spacial score (nSPS) is 10.4. The van der Waals surface area contributed by atoms with Gasteiger partial charge in [-0.3, -0.25) is 4.79 Å². The van der Waals surface area contributed by atoms with Crippen LogP contribution in [0.25, 0.3) is 0 Å². The van der Waals surface area contributed by atoms with E-state index in [4.69, 9.17) is 5.11 Å². The Morgan fingerprint density at radius 3 is 2.68 bits per heavy atom. The number of aryl methyl sites for hydroxylation is 2. The van der Waals surface area contributed by atoms with Gasteiger partial charge < -0.3 is 10.4 Å². The number of carbonyl (C=O) groups excluding carboxylic acids is 1. The van der Waals surface area contributed by atoms with Gasteiger partial charge in [-0.15, -0.1) is 22.7 Å². The monoisotopic (exact) mass is 297 g/mol. The summed E-state index contributed by atoms with van der Waals surface area (Å²) in [6.45, 7) is 3.54. The molecule has 0 saturated heterocycles. The second-order valence-corrected chi connectivity index (χ2v) is 5.89. The predicted molar refractivity (Wildman–Crippen MR) is 73.0 cm³/mol. The molecule has 19 heavy (non-hydrogen) atoms. The van der Waals surface area contributed by atoms with Crippen molar-refractivity contribution in [3.8, 4) is 0 Å². The van der Waals surface area contributed by atoms with Crippen molar-refractivity contribution in [1.29, 1.82) is 0 Å². The van der Waals surface area contributed by atoms with Crippen LogP contribution in [-0.2, 0) is 11.2 Å². The van der Waals surface area contributed by atoms with Gasteiger partial charge in [-0.05, 0) is 13.8 Å². The number of carboxylic acid groups (broad SMARTS) is 1. The van der Waals surface area contributed by atoms with E-state index in [1.54, 1.807) is 6.92 Å². The Morgan fingerprint density at radius 1 is 1.37 bits per heavy atom. The highest BCUT2D eigenvalue weighted by Crippen LogP contribution is 2.19. The summed E-state index contributed by atoms with van der Waals surface area (Å²) in [7, 11) is 0. The molecule has 1 amide bonds. The smallest absolute Gasteiger partial charge is 0.347 e. The highest BCUT2D eigenvalue weighted by atomic mass is 32.1. The van der Waals surface area contributed by atoms with Crippen LogP contribution in [0.3, 0.4) is 0 Å². The van der Waals surface area contributed by atoms with Crippen molar-refractivity contribution in [3.05, 3.63) is 26.7 Å². The number of nitrogens with zero attached hydrogens (tertiary/aromatic N) is 2. The maximum absolute atomic E-state index is 11.8. The van der Waals surface area contributed by atoms with E-state index < -0.39 is 5.97 Å². The first kappa shape index (κ1) is 13.6. The number of aromatic nitrogens is 2. The Hall–Kier alpha value is -1.80. The van der Waals surface area contributed by atoms with Crippen molar-refractivity contribution >= 4 is 39.7 Å². The van der Waals surface area contributed by atoms with Gasteiger partial charge >= 0.3 is 5.97 Å². The molecule has 0 aliphatic heterocycles. The number of aromatic carboxylic acids is 1. The minimum atomic E-state index is -1.06. The van der Waals surface area contributed by atoms with Gasteiger partial charge in [0.05, 0.1) is 22.8 Å². The summed E-state index contributed by atoms with van der Waals surface area (Å²) in [6, 6.07) is 0. The van der Waals surface area contributed by atoms with E-state index in [2.05, 4.69) is 15.3 Å². The standard InChI is InChI=1S/C11H11N3O3S2/c1-5-4-18-11(12-5)14-8(15)3-7-9(10(16)17)19-6(2)13-7/h4H,3H2,1-2H3,(H,16,17)(H,12,14,15). The third kappa shape index (κ3) is 3.36. The van der Waals surface area contributed by atoms with E-state index in [1.807, 2.05) is 12.3 Å². The maximum atomic E-state index is 11.8. The third-order valence-electron chi connectivity index (χ3n) is 2.19. The van der Waals surface area contributed by atoms with Gasteiger partial charge in [0.1, 0.15) is 4.88 Å². The number of hydrogen-bond acceptors (Lipinski definition) is 6. The fourth-order valence-corrected chi connectivity index (χ4v) is 2.96. The Balaban J connectivity index is 2.08. The highest BCUT2D eigenvalue weighted by molar-refractivity contribution is 7.14. The Kier molecular flexibility index (Phi) is 3.91. The Labute approximate surface area is 117 Å². The number of anilines is 1. The van der Waals surface area contributed by atoms with Crippen LogP contribution < -0.4 is 5.32 Å². The summed E-state index contributed by atoms with van der Waals surface area (Å²) < 4.78 is 0. The van der Waals surface area contributed by atoms with Crippen molar-refractivity contribution in [3.63, 3.8) is 0 Å². The number of thiazole rings is 2. The van der Waals surface area contributed by atoms with Crippen LogP contribution in [0.1, 0.15) is 26.1 Å². The molecule has 0 aliphatic carbocycles. The molecule has 0 bridgehead atoms. The van der Waals surface area contributed by atoms with Gasteiger partial charge in [-0.1, -0.05) is 0 Å². The molecule has 2 aromatic rings. The lowest BCUT2D eigenvalue weighted by Crippen LogP contribution is -2.16. The van der Waals surface area contributed by atoms with Crippen molar-refractivity contribution in [2.45, 2.75) is 20.3 Å². The van der Waals surface area contributed by atoms with Crippen molar-refractivity contribution in [1.82, 2.24) is 9.97 Å². The van der Waals surface area contributed by atoms with Gasteiger partial charge in [-0.25, -0.2) is 14.8 Å². The molecule has 0 aromatic carbocycles. The van der Waals surface area contributed by atoms with E-state index in [0.29, 0.717) is 15.8 Å². The van der Waals surface area contributed by atoms with Crippen molar-refractivity contribution in [2.24, 2.45) is 0 Å². The van der Waals surface area contributed by atoms with Gasteiger partial charge in [-0.2, -0.15) is 0 Å². The Morgan fingerprint density at radius 2 is 2.11 bits per heavy atom. The molecule has 0 spiro atoms. The van der Waals surface area contributed by atoms with E-state index in [1.165, 1.54) is 11.3 Å². The quantitative estimate of drug-likeness (QED) is 0.901. The van der Waals surface area contributed by atoms with E-state index >= 15 is 0 Å². The zero-order valence-electron chi connectivity index (χ0n) is 10.3. The molecule has 100 valence electrons. The van der Waals surface area contributed by atoms with E-state index in [-0.39, 0.29) is 17.2 Å². The summed E-state index contributed by atoms with van der Waals surface area (Å²) in [5, 5.41) is 14.6. The summed E-state index contributed by atoms with van der Waals surface area (Å²) in [6.07, 6.45) is -0.0649. The molecule has 2 rings (SSSR count). The molecule has 0 saturated carbocycles. The molecule has 0 unspecified atom stereocenters. The van der Waals surface area contributed by atoms with Gasteiger partial charge in [0.25, 0.3) is 0 Å². The van der Waals surface area contributed by atoms with Crippen LogP contribution in [-0.4, -0.2) is 27.0 Å². The topological polar surface area (TPSA) is 92.2 Å². The average Bonchev–Trinajstić information content (AvgIpc) is 2.85. The average molecular weight is 297 g/mol. The number of nitrogens with one attached hydrogen (secondary N) is 1. The fraction of sp³-hybridized carbons (Fsp3) is 0.273. The zero-order valence-corrected chi connectivity index (χ0v) is 11.9. The first-order valence-corrected chi connectivity index (χ1v) is 7.07. The van der Waals surface area contributed by atoms with Crippen LogP contribution in [0, 0.1) is 13.8 Å². The first-order chi connectivity index (χ1) is 8.95. The first-order valence-electron chi connectivity index (χ1n) is 5.37. The highest BCUT2D eigenvalue weighted by Gasteiger charge is 2.18. The van der Waals surface area contributed by atoms with Gasteiger partial charge in [0, 0.05) is 5.38 Å². The molecule has 8 heteroatoms. The molecule has 0 aliphatic rings. The van der Waals surface area contributed by atoms with Crippen LogP contribution >= 0.6 is 22.7 Å². The minimum Gasteiger partial charge on any atom is -0.477 e. The van der Waals surface area contributed by atoms with Gasteiger partial charge in [0.15, 0.2) is 5.13 Å². The molecule has 0 fully saturated rings. The second-order valence-electron chi connectivity index (χ2n) is 3.83. The number of carbonyl (C=O) groups is 2. The van der Waals surface area contributed by atoms with E-state index in [0.717, 1.165) is 17.0 Å². The largest absolute Gasteiger partial charge is 0.477 e. The van der Waals surface area contributed by atoms with Crippen LogP contribution in [0.2, 0.25) is 0 Å². The van der Waals surface area contributed by atoms with Crippen molar-refractivity contribution < 1.29 is 14.7 Å². The van der Waals surface area contributed by atoms with E-state index in [9.17, 15) is 9.59 Å². The second kappa shape index (κ2) is 5.45. The molecule has 2 aromatic heterocycles. The molecule has 2 N–H and O–H groups in total. The third-order valence-corrected chi connectivity index (χ3v) is 4.07. The van der Waals surface area contributed by atoms with Gasteiger partial charge in [0.2, 0.25) is 5.91 Å². The maximum Gasteiger partial charge on any atom is 0.347 e. The predicted octanol–water partition coefficient (Wildman–Crippen LogP) is 2.10. The summed E-state index contributed by atoms with van der Waals surface area (Å²) in [5.74, 6) is -1.37. The molecule has 0 atom stereocenters. The lowest BCUT2D eigenvalue weighted by molar-refractivity contribution is -0.115. The number of hydrogen-bond donors (Lipinski definition) is 2. The number of rotatable bonds is 4. The number of amides is 1. The van der Waals surface area contributed by atoms with Crippen molar-refractivity contribution in [2.75, 3.05) is 5.32 Å². The molecule has 0 radical (unpaired) electrons. The lowest BCUT2D eigenvalue weighted by Gasteiger charge is -2.00. The minimum absolute atomic E-state index is 0.0649. The van der Waals surface area contributed by atoms with Crippen LogP contribution in [0.15, 0.2) is 5.38 Å². The molecule has 6 nitrogen and oxygen atoms in total. The zero-order chi connectivity index (χ0) is 14.0. The number of carboxylic acids is 1. The summed E-state index contributed by atoms with van der Waals surface area (Å²) in [5.41, 5.74) is 1.12.